The number of hydrogen-bond donors (Lipinski definition) is 2. The Morgan fingerprint density at radius 1 is 1.13 bits per heavy atom. The van der Waals surface area contributed by atoms with Crippen LogP contribution in [-0.2, 0) is 11.3 Å². The molecule has 0 aliphatic heterocycles. The van der Waals surface area contributed by atoms with Gasteiger partial charge in [0.25, 0.3) is 5.56 Å². The number of aromatic amines is 1. The molecule has 2 N–H and O–H groups in total. The maximum Gasteiger partial charge on any atom is 0.253 e. The second-order valence-corrected chi connectivity index (χ2v) is 8.06. The minimum Gasteiger partial charge on any atom is -0.385 e. The highest BCUT2D eigenvalue weighted by atomic mass is 32.1. The molecule has 0 amide bonds. The highest BCUT2D eigenvalue weighted by molar-refractivity contribution is 7.80. The normalized spacial score (nSPS) is 11.3. The minimum absolute atomic E-state index is 0.0548. The first-order valence-electron chi connectivity index (χ1n) is 10.8. The molecule has 6 nitrogen and oxygen atoms in total. The van der Waals surface area contributed by atoms with E-state index in [9.17, 15) is 4.79 Å². The molecular weight excluding hydrogens is 396 g/mol. The number of benzene rings is 1. The van der Waals surface area contributed by atoms with E-state index in [4.69, 9.17) is 17.0 Å². The fourth-order valence-corrected chi connectivity index (χ4v) is 3.68. The van der Waals surface area contributed by atoms with Gasteiger partial charge in [-0.2, -0.15) is 0 Å². The zero-order valence-electron chi connectivity index (χ0n) is 19.0. The predicted molar refractivity (Wildman–Crippen MR) is 129 cm³/mol. The van der Waals surface area contributed by atoms with Crippen molar-refractivity contribution >= 4 is 28.2 Å². The first-order chi connectivity index (χ1) is 14.4. The molecule has 0 saturated heterocycles. The molecule has 0 unspecified atom stereocenters. The average molecular weight is 433 g/mol. The summed E-state index contributed by atoms with van der Waals surface area (Å²) >= 11 is 5.67. The third kappa shape index (κ3) is 6.79. The lowest BCUT2D eigenvalue weighted by atomic mass is 10.0. The number of nitrogens with zero attached hydrogens (tertiary/aromatic N) is 2. The molecular formula is C23H36N4O2S. The molecule has 0 aliphatic rings. The van der Waals surface area contributed by atoms with Crippen molar-refractivity contribution in [3.05, 3.63) is 45.2 Å². The molecule has 0 atom stereocenters. The molecule has 1 heterocycles. The number of ether oxygens (including phenoxy) is 1. The van der Waals surface area contributed by atoms with Crippen molar-refractivity contribution in [2.75, 3.05) is 46.4 Å². The van der Waals surface area contributed by atoms with Gasteiger partial charge in [0.15, 0.2) is 5.11 Å². The molecule has 0 bridgehead atoms. The molecule has 2 aromatic rings. The molecule has 7 heteroatoms. The van der Waals surface area contributed by atoms with Crippen molar-refractivity contribution in [3.8, 4) is 0 Å². The van der Waals surface area contributed by atoms with Gasteiger partial charge in [0.1, 0.15) is 0 Å². The minimum atomic E-state index is -0.0548. The fraction of sp³-hybridized carbons (Fsp3) is 0.565. The molecule has 166 valence electrons. The number of hydrogen-bond acceptors (Lipinski definition) is 4. The maximum atomic E-state index is 12.8. The number of pyridine rings is 1. The largest absolute Gasteiger partial charge is 0.385 e. The van der Waals surface area contributed by atoms with Crippen molar-refractivity contribution in [1.29, 1.82) is 0 Å². The van der Waals surface area contributed by atoms with Crippen LogP contribution in [0.2, 0.25) is 0 Å². The van der Waals surface area contributed by atoms with E-state index < -0.39 is 0 Å². The zero-order chi connectivity index (χ0) is 22.1. The summed E-state index contributed by atoms with van der Waals surface area (Å²) in [5, 5.41) is 5.05. The molecule has 0 aliphatic carbocycles. The maximum absolute atomic E-state index is 12.8. The van der Waals surface area contributed by atoms with E-state index in [-0.39, 0.29) is 5.56 Å². The van der Waals surface area contributed by atoms with Crippen LogP contribution in [0.15, 0.2) is 23.0 Å². The van der Waals surface area contributed by atoms with Crippen LogP contribution >= 0.6 is 12.2 Å². The number of likely N-dealkylation sites (N-methyl/N-ethyl adjacent to an activating group) is 1. The number of aromatic nitrogens is 1. The lowest BCUT2D eigenvalue weighted by molar-refractivity contribution is 0.195. The monoisotopic (exact) mass is 432 g/mol. The summed E-state index contributed by atoms with van der Waals surface area (Å²) in [6, 6.07) is 6.17. The van der Waals surface area contributed by atoms with E-state index in [1.807, 2.05) is 12.1 Å². The first kappa shape index (κ1) is 24.3. The molecule has 30 heavy (non-hydrogen) atoms. The highest BCUT2D eigenvalue weighted by Gasteiger charge is 2.14. The Labute approximate surface area is 185 Å². The average Bonchev–Trinajstić information content (AvgIpc) is 2.72. The molecule has 0 radical (unpaired) electrons. The summed E-state index contributed by atoms with van der Waals surface area (Å²) in [6.45, 7) is 14.1. The van der Waals surface area contributed by atoms with Gasteiger partial charge in [-0.25, -0.2) is 0 Å². The lowest BCUT2D eigenvalue weighted by Crippen LogP contribution is -2.44. The molecule has 1 aromatic heterocycles. The van der Waals surface area contributed by atoms with Crippen LogP contribution in [0.3, 0.4) is 0 Å². The lowest BCUT2D eigenvalue weighted by Gasteiger charge is -2.29. The van der Waals surface area contributed by atoms with Crippen LogP contribution in [0.25, 0.3) is 10.9 Å². The summed E-state index contributed by atoms with van der Waals surface area (Å²) in [7, 11) is 1.70. The van der Waals surface area contributed by atoms with Crippen LogP contribution < -0.4 is 10.9 Å². The van der Waals surface area contributed by atoms with Gasteiger partial charge in [0.05, 0.1) is 6.54 Å². The van der Waals surface area contributed by atoms with Crippen LogP contribution in [0.1, 0.15) is 37.0 Å². The third-order valence-electron chi connectivity index (χ3n) is 5.57. The number of thiocarbonyl (C=S) groups is 1. The van der Waals surface area contributed by atoms with E-state index in [1.54, 1.807) is 7.11 Å². The highest BCUT2D eigenvalue weighted by Crippen LogP contribution is 2.18. The molecule has 1 aromatic carbocycles. The summed E-state index contributed by atoms with van der Waals surface area (Å²) in [5.41, 5.74) is 3.94. The van der Waals surface area contributed by atoms with Crippen molar-refractivity contribution in [3.63, 3.8) is 0 Å². The Kier molecular flexibility index (Phi) is 9.75. The number of aryl methyl sites for hydroxylation is 2. The number of H-pyrrole nitrogens is 1. The zero-order valence-corrected chi connectivity index (χ0v) is 19.8. The molecule has 2 rings (SSSR count). The Morgan fingerprint density at radius 2 is 1.83 bits per heavy atom. The van der Waals surface area contributed by atoms with Crippen LogP contribution in [-0.4, -0.2) is 66.3 Å². The molecule has 0 saturated carbocycles. The molecule has 0 fully saturated rings. The number of nitrogens with one attached hydrogen (secondary N) is 2. The standard InChI is InChI=1S/C23H36N4O2S/c1-6-26(7-2)10-11-27(23(30)24-9-8-12-29-5)16-20-15-19-13-17(3)18(4)14-21(19)25-22(20)28/h13-15H,6-12,16H2,1-5H3,(H,24,30)(H,25,28). The summed E-state index contributed by atoms with van der Waals surface area (Å²) in [5.74, 6) is 0. The van der Waals surface area contributed by atoms with E-state index in [1.165, 1.54) is 11.1 Å². The third-order valence-corrected chi connectivity index (χ3v) is 5.97. The van der Waals surface area contributed by atoms with Gasteiger partial charge in [-0.15, -0.1) is 0 Å². The van der Waals surface area contributed by atoms with Gasteiger partial charge < -0.3 is 24.8 Å². The number of fused-ring (bicyclic) bond motifs is 1. The van der Waals surface area contributed by atoms with Crippen molar-refractivity contribution in [2.24, 2.45) is 0 Å². The van der Waals surface area contributed by atoms with Gasteiger partial charge in [-0.1, -0.05) is 13.8 Å². The van der Waals surface area contributed by atoms with E-state index in [2.05, 4.69) is 53.9 Å². The Bertz CT molecular complexity index is 893. The SMILES string of the molecule is CCN(CC)CCN(Cc1cc2cc(C)c(C)cc2[nH]c1=O)C(=S)NCCCOC. The van der Waals surface area contributed by atoms with E-state index >= 15 is 0 Å². The van der Waals surface area contributed by atoms with Crippen molar-refractivity contribution in [2.45, 2.75) is 40.7 Å². The fourth-order valence-electron chi connectivity index (χ4n) is 3.42. The molecule has 0 spiro atoms. The van der Waals surface area contributed by atoms with Gasteiger partial charge in [0, 0.05) is 44.4 Å². The summed E-state index contributed by atoms with van der Waals surface area (Å²) in [6.07, 6.45) is 0.885. The van der Waals surface area contributed by atoms with Gasteiger partial charge >= 0.3 is 0 Å². The second kappa shape index (κ2) is 12.0. The quantitative estimate of drug-likeness (QED) is 0.420. The van der Waals surface area contributed by atoms with Gasteiger partial charge in [-0.05, 0) is 80.3 Å². The van der Waals surface area contributed by atoms with E-state index in [0.29, 0.717) is 18.3 Å². The number of methoxy groups -OCH3 is 1. The second-order valence-electron chi connectivity index (χ2n) is 7.67. The van der Waals surface area contributed by atoms with Crippen molar-refractivity contribution < 1.29 is 4.74 Å². The Balaban J connectivity index is 2.22. The van der Waals surface area contributed by atoms with Crippen molar-refractivity contribution in [1.82, 2.24) is 20.1 Å². The first-order valence-corrected chi connectivity index (χ1v) is 11.2. The summed E-state index contributed by atoms with van der Waals surface area (Å²) < 4.78 is 5.11. The van der Waals surface area contributed by atoms with Crippen LogP contribution in [0, 0.1) is 13.8 Å². The van der Waals surface area contributed by atoms with Crippen LogP contribution in [0.4, 0.5) is 0 Å². The van der Waals surface area contributed by atoms with Gasteiger partial charge in [0.2, 0.25) is 0 Å². The van der Waals surface area contributed by atoms with E-state index in [0.717, 1.165) is 55.6 Å². The topological polar surface area (TPSA) is 60.6 Å². The number of rotatable bonds is 11. The van der Waals surface area contributed by atoms with Gasteiger partial charge in [-0.3, -0.25) is 4.79 Å². The Morgan fingerprint density at radius 3 is 2.50 bits per heavy atom. The smallest absolute Gasteiger partial charge is 0.253 e. The summed E-state index contributed by atoms with van der Waals surface area (Å²) in [4.78, 5) is 20.3. The Hall–Kier alpha value is -1.96. The van der Waals surface area contributed by atoms with Crippen LogP contribution in [0.5, 0.6) is 0 Å². The predicted octanol–water partition coefficient (Wildman–Crippen LogP) is 3.20.